The number of ether oxygens (including phenoxy) is 2. The highest BCUT2D eigenvalue weighted by molar-refractivity contribution is 8.14. The summed E-state index contributed by atoms with van der Waals surface area (Å²) in [4.78, 5) is 53.3. The number of carbonyl (C=O) groups excluding carboxylic acids is 3. The van der Waals surface area contributed by atoms with E-state index in [1.807, 2.05) is 6.92 Å². The van der Waals surface area contributed by atoms with Crippen LogP contribution in [-0.2, 0) is 20.9 Å². The van der Waals surface area contributed by atoms with Crippen molar-refractivity contribution in [2.75, 3.05) is 5.75 Å². The number of nitro benzene ring substituents is 1. The van der Waals surface area contributed by atoms with Crippen molar-refractivity contribution in [1.82, 2.24) is 4.90 Å². The van der Waals surface area contributed by atoms with Crippen molar-refractivity contribution in [2.45, 2.75) is 57.6 Å². The molecule has 51 heavy (non-hydrogen) atoms. The van der Waals surface area contributed by atoms with Crippen LogP contribution in [0.5, 0.6) is 5.75 Å². The number of aliphatic hydroxyl groups is 1. The Morgan fingerprint density at radius 2 is 1.65 bits per heavy atom. The number of allylic oxidation sites excluding steroid dienone is 1. The van der Waals surface area contributed by atoms with Crippen LogP contribution in [0.2, 0.25) is 15.1 Å². The van der Waals surface area contributed by atoms with E-state index in [4.69, 9.17) is 56.5 Å². The first-order chi connectivity index (χ1) is 23.9. The third-order valence-electron chi connectivity index (χ3n) is 7.48. The largest absolute Gasteiger partial charge is 0.477 e. The third kappa shape index (κ3) is 9.64. The number of halogens is 3. The second-order valence-corrected chi connectivity index (χ2v) is 16.3. The van der Waals surface area contributed by atoms with Gasteiger partial charge in [-0.3, -0.25) is 29.4 Å². The monoisotopic (exact) mass is 810 g/mol. The summed E-state index contributed by atoms with van der Waals surface area (Å²) < 4.78 is 12.2. The maximum atomic E-state index is 14.1. The summed E-state index contributed by atoms with van der Waals surface area (Å²) in [7, 11) is 0. The van der Waals surface area contributed by atoms with E-state index in [2.05, 4.69) is 0 Å². The number of nitro groups is 1. The predicted octanol–water partition coefficient (Wildman–Crippen LogP) is 9.16. The van der Waals surface area contributed by atoms with Gasteiger partial charge >= 0.3 is 0 Å². The number of β-lactam (4-membered cyclic amide) rings is 1. The second-order valence-electron chi connectivity index (χ2n) is 12.3. The van der Waals surface area contributed by atoms with Crippen LogP contribution in [0.3, 0.4) is 0 Å². The smallest absolute Gasteiger partial charge is 0.269 e. The number of likely N-dealkylation sites (tertiary alicyclic amines) is 1. The predicted molar refractivity (Wildman–Crippen MR) is 205 cm³/mol. The van der Waals surface area contributed by atoms with Gasteiger partial charge in [0.2, 0.25) is 21.9 Å². The Balaban J connectivity index is 1.74. The molecule has 16 heteroatoms. The quantitative estimate of drug-likeness (QED) is 0.0259. The number of hydrogen-bond acceptors (Lipinski definition) is 11. The molecule has 0 radical (unpaired) electrons. The molecule has 1 amide bonds. The minimum Gasteiger partial charge on any atom is -0.477 e. The molecule has 0 aromatic heterocycles. The van der Waals surface area contributed by atoms with Crippen LogP contribution in [0.4, 0.5) is 5.69 Å². The van der Waals surface area contributed by atoms with Gasteiger partial charge in [0.05, 0.1) is 37.4 Å². The van der Waals surface area contributed by atoms with Gasteiger partial charge in [-0.2, -0.15) is 0 Å². The van der Waals surface area contributed by atoms with E-state index in [0.717, 1.165) is 11.8 Å². The Hall–Kier alpha value is -3.17. The summed E-state index contributed by atoms with van der Waals surface area (Å²) >= 11 is 26.4. The highest BCUT2D eigenvalue weighted by Gasteiger charge is 2.54. The van der Waals surface area contributed by atoms with Crippen LogP contribution in [0.1, 0.15) is 50.5 Å². The lowest BCUT2D eigenvalue weighted by Crippen LogP contribution is -2.63. The molecule has 1 heterocycles. The van der Waals surface area contributed by atoms with Crippen LogP contribution in [-0.4, -0.2) is 54.0 Å². The molecule has 0 spiro atoms. The number of thiocarbonyl (C=S) groups is 1. The average Bonchev–Trinajstić information content (AvgIpc) is 3.06. The molecule has 3 aromatic carbocycles. The first-order valence-corrected chi connectivity index (χ1v) is 18.8. The van der Waals surface area contributed by atoms with Crippen LogP contribution < -0.4 is 4.74 Å². The van der Waals surface area contributed by atoms with Gasteiger partial charge in [0.1, 0.15) is 18.1 Å². The summed E-state index contributed by atoms with van der Waals surface area (Å²) in [5.74, 6) is -1.30. The van der Waals surface area contributed by atoms with Crippen molar-refractivity contribution in [3.8, 4) is 5.75 Å². The fraction of sp³-hybridized carbons (Fsp3) is 0.314. The van der Waals surface area contributed by atoms with Crippen molar-refractivity contribution in [3.63, 3.8) is 0 Å². The molecule has 10 nitrogen and oxygen atoms in total. The van der Waals surface area contributed by atoms with E-state index in [1.54, 1.807) is 20.8 Å². The standard InChI is InChI=1S/C35H33Cl3N2O8S3/c1-6-50-32-27(18(2)41)31(43)39(32)28(34(49)47-17-19-7-11-21(12-8-19)40(45)46)29(30(42)35(3,4)5)48-22-13-9-20(10-14-22)33(44)51-26-16-24(37)23(36)15-25(26)38/h7-16,18,27,32,41H,6,17H2,1-5H3/t18-,27+,32-/m1/s1. The summed E-state index contributed by atoms with van der Waals surface area (Å²) in [6.07, 6.45) is -0.988. The van der Waals surface area contributed by atoms with Crippen LogP contribution in [0.25, 0.3) is 0 Å². The van der Waals surface area contributed by atoms with E-state index in [1.165, 1.54) is 84.2 Å². The SMILES string of the molecule is CCS[C@@H]1[C@@H]([C@@H](C)O)C(=O)N1C(C(=S)OCc1ccc([N+](=O)[O-])cc1)=C(Oc1ccc(C(=O)Sc2cc(Cl)c(Cl)cc2Cl)cc1)C(=O)C(C)(C)C. The fourth-order valence-electron chi connectivity index (χ4n) is 4.81. The molecule has 4 rings (SSSR count). The minimum absolute atomic E-state index is 0.0929. The lowest BCUT2D eigenvalue weighted by Gasteiger charge is -2.48. The summed E-state index contributed by atoms with van der Waals surface area (Å²) in [6, 6.07) is 14.6. The Kier molecular flexibility index (Phi) is 13.6. The van der Waals surface area contributed by atoms with Crippen LogP contribution >= 0.6 is 70.5 Å². The zero-order valence-electron chi connectivity index (χ0n) is 28.0. The lowest BCUT2D eigenvalue weighted by atomic mass is 9.87. The number of carbonyl (C=O) groups is 3. The molecule has 1 N–H and O–H groups in total. The van der Waals surface area contributed by atoms with Gasteiger partial charge in [-0.15, -0.1) is 11.8 Å². The van der Waals surface area contributed by atoms with Gasteiger partial charge in [0.15, 0.2) is 5.76 Å². The molecular formula is C35H33Cl3N2O8S3. The molecule has 1 saturated heterocycles. The number of non-ortho nitro benzene ring substituents is 1. The Bertz CT molecular complexity index is 1880. The van der Waals surface area contributed by atoms with Gasteiger partial charge in [-0.25, -0.2) is 0 Å². The minimum atomic E-state index is -1.02. The van der Waals surface area contributed by atoms with Gasteiger partial charge in [0.25, 0.3) is 5.69 Å². The molecule has 270 valence electrons. The molecular weight excluding hydrogens is 779 g/mol. The summed E-state index contributed by atoms with van der Waals surface area (Å²) in [5, 5.41) is 21.2. The number of hydrogen-bond donors (Lipinski definition) is 1. The van der Waals surface area contributed by atoms with Crippen molar-refractivity contribution in [1.29, 1.82) is 0 Å². The molecule has 1 aliphatic rings. The van der Waals surface area contributed by atoms with Gasteiger partial charge < -0.3 is 14.6 Å². The molecule has 3 aromatic rings. The summed E-state index contributed by atoms with van der Waals surface area (Å²) in [5.41, 5.74) is -0.382. The number of rotatable bonds is 13. The number of ketones is 1. The molecule has 0 unspecified atom stereocenters. The van der Waals surface area contributed by atoms with E-state index >= 15 is 0 Å². The maximum absolute atomic E-state index is 14.1. The lowest BCUT2D eigenvalue weighted by molar-refractivity contribution is -0.384. The van der Waals surface area contributed by atoms with E-state index in [-0.39, 0.29) is 54.7 Å². The number of benzene rings is 3. The summed E-state index contributed by atoms with van der Waals surface area (Å²) in [6.45, 7) is 8.31. The van der Waals surface area contributed by atoms with Gasteiger partial charge in [0, 0.05) is 28.0 Å². The topological polar surface area (TPSA) is 136 Å². The van der Waals surface area contributed by atoms with Gasteiger partial charge in [-0.1, -0.05) is 62.5 Å². The Labute approximate surface area is 323 Å². The average molecular weight is 812 g/mol. The van der Waals surface area contributed by atoms with Crippen molar-refractivity contribution >= 4 is 98.1 Å². The number of nitrogens with zero attached hydrogens (tertiary/aromatic N) is 2. The molecule has 0 saturated carbocycles. The molecule has 1 aliphatic heterocycles. The fourth-order valence-corrected chi connectivity index (χ4v) is 7.83. The number of thioether (sulfide) groups is 2. The van der Waals surface area contributed by atoms with Gasteiger partial charge in [-0.05, 0) is 90.8 Å². The van der Waals surface area contributed by atoms with Crippen LogP contribution in [0.15, 0.2) is 77.0 Å². The molecule has 0 aliphatic carbocycles. The number of amides is 1. The Morgan fingerprint density at radius 1 is 1.04 bits per heavy atom. The number of aliphatic hydroxyl groups excluding tert-OH is 1. The van der Waals surface area contributed by atoms with Crippen molar-refractivity contribution < 1.29 is 33.9 Å². The van der Waals surface area contributed by atoms with E-state index in [9.17, 15) is 29.6 Å². The van der Waals surface area contributed by atoms with Crippen LogP contribution in [0, 0.1) is 21.4 Å². The molecule has 3 atom stereocenters. The first kappa shape index (κ1) is 40.6. The van der Waals surface area contributed by atoms with Crippen molar-refractivity contribution in [2.24, 2.45) is 11.3 Å². The molecule has 1 fully saturated rings. The number of Topliss-reactive ketones (excluding diaryl/α,β-unsaturated/α-hetero) is 1. The molecule has 0 bridgehead atoms. The zero-order chi connectivity index (χ0) is 37.8. The third-order valence-corrected chi connectivity index (χ3v) is 11.1. The maximum Gasteiger partial charge on any atom is 0.269 e. The first-order valence-electron chi connectivity index (χ1n) is 15.4. The highest BCUT2D eigenvalue weighted by atomic mass is 35.5. The second kappa shape index (κ2) is 17.1. The van der Waals surface area contributed by atoms with E-state index < -0.39 is 39.4 Å². The Morgan fingerprint density at radius 3 is 2.20 bits per heavy atom. The van der Waals surface area contributed by atoms with E-state index in [0.29, 0.717) is 21.8 Å². The zero-order valence-corrected chi connectivity index (χ0v) is 32.7. The highest BCUT2D eigenvalue weighted by Crippen LogP contribution is 2.43. The van der Waals surface area contributed by atoms with Crippen molar-refractivity contribution in [3.05, 3.63) is 108 Å². The normalized spacial score (nSPS) is 16.9.